The number of nitrogens with zero attached hydrogens (tertiary/aromatic N) is 4. The molecule has 1 N–H and O–H groups in total. The number of amides is 2. The molecule has 1 atom stereocenters. The van der Waals surface area contributed by atoms with Crippen LogP contribution in [0, 0.1) is 10.8 Å². The molecule has 4 rings (SSSR count). The lowest BCUT2D eigenvalue weighted by atomic mass is 9.77. The molecular formula is C20H27N5O2. The van der Waals surface area contributed by atoms with E-state index >= 15 is 0 Å². The molecule has 0 aliphatic carbocycles. The molecule has 1 spiro atoms. The van der Waals surface area contributed by atoms with Gasteiger partial charge >= 0.3 is 0 Å². The fraction of sp³-hybridized carbons (Fsp3) is 0.600. The van der Waals surface area contributed by atoms with E-state index < -0.39 is 5.41 Å². The molecule has 27 heavy (non-hydrogen) atoms. The van der Waals surface area contributed by atoms with Crippen molar-refractivity contribution in [2.45, 2.75) is 40.0 Å². The van der Waals surface area contributed by atoms with E-state index in [2.05, 4.69) is 36.2 Å². The summed E-state index contributed by atoms with van der Waals surface area (Å²) in [6.07, 6.45) is 2.64. The van der Waals surface area contributed by atoms with Crippen molar-refractivity contribution in [2.24, 2.45) is 10.8 Å². The first kappa shape index (κ1) is 17.9. The normalized spacial score (nSPS) is 23.6. The Morgan fingerprint density at radius 2 is 1.96 bits per heavy atom. The molecule has 2 aliphatic rings. The van der Waals surface area contributed by atoms with Gasteiger partial charge in [0.25, 0.3) is 5.91 Å². The van der Waals surface area contributed by atoms with E-state index in [1.54, 1.807) is 18.2 Å². The average molecular weight is 369 g/mol. The van der Waals surface area contributed by atoms with Crippen LogP contribution in [-0.2, 0) is 4.79 Å². The van der Waals surface area contributed by atoms with Crippen LogP contribution in [0.25, 0.3) is 11.0 Å². The smallest absolute Gasteiger partial charge is 0.253 e. The van der Waals surface area contributed by atoms with E-state index in [-0.39, 0.29) is 17.2 Å². The number of H-pyrrole nitrogens is 1. The lowest BCUT2D eigenvalue weighted by molar-refractivity contribution is -0.146. The molecule has 2 aliphatic heterocycles. The van der Waals surface area contributed by atoms with Gasteiger partial charge in [0.2, 0.25) is 5.91 Å². The van der Waals surface area contributed by atoms with Gasteiger partial charge in [-0.25, -0.2) is 0 Å². The fourth-order valence-electron chi connectivity index (χ4n) is 4.46. The van der Waals surface area contributed by atoms with Gasteiger partial charge in [-0.1, -0.05) is 20.8 Å². The standard InChI is InChI=1S/C20H27N5O2/c1-19(2,3)12-25-9-4-7-20(18(25)27)8-10-24(13-20)17(26)14-5-6-15-16(11-14)22-23-21-15/h5-6,11H,4,7-10,12-13H2,1-3H3,(H,21,22,23)/t20-/m0/s1. The van der Waals surface area contributed by atoms with Crippen molar-refractivity contribution in [3.63, 3.8) is 0 Å². The van der Waals surface area contributed by atoms with Crippen LogP contribution >= 0.6 is 0 Å². The number of aromatic nitrogens is 3. The highest BCUT2D eigenvalue weighted by Crippen LogP contribution is 2.41. The van der Waals surface area contributed by atoms with Crippen LogP contribution in [0.5, 0.6) is 0 Å². The molecular weight excluding hydrogens is 342 g/mol. The highest BCUT2D eigenvalue weighted by Gasteiger charge is 2.49. The van der Waals surface area contributed by atoms with Crippen LogP contribution in [-0.4, -0.2) is 63.2 Å². The maximum atomic E-state index is 13.2. The summed E-state index contributed by atoms with van der Waals surface area (Å²) in [6, 6.07) is 5.35. The van der Waals surface area contributed by atoms with Crippen molar-refractivity contribution >= 4 is 22.8 Å². The number of carbonyl (C=O) groups excluding carboxylic acids is 2. The molecule has 0 bridgehead atoms. The van der Waals surface area contributed by atoms with Crippen molar-refractivity contribution in [3.05, 3.63) is 23.8 Å². The van der Waals surface area contributed by atoms with Crippen LogP contribution in [0.4, 0.5) is 0 Å². The average Bonchev–Trinajstić information content (AvgIpc) is 3.24. The second-order valence-corrected chi connectivity index (χ2v) is 9.18. The minimum Gasteiger partial charge on any atom is -0.342 e. The molecule has 144 valence electrons. The summed E-state index contributed by atoms with van der Waals surface area (Å²) in [5.41, 5.74) is 1.69. The Morgan fingerprint density at radius 1 is 1.19 bits per heavy atom. The Labute approximate surface area is 159 Å². The Balaban J connectivity index is 1.51. The van der Waals surface area contributed by atoms with E-state index in [4.69, 9.17) is 0 Å². The largest absolute Gasteiger partial charge is 0.342 e. The molecule has 3 heterocycles. The monoisotopic (exact) mass is 369 g/mol. The van der Waals surface area contributed by atoms with Gasteiger partial charge in [-0.2, -0.15) is 15.4 Å². The zero-order valence-electron chi connectivity index (χ0n) is 16.3. The molecule has 2 amide bonds. The number of fused-ring (bicyclic) bond motifs is 1. The lowest BCUT2D eigenvalue weighted by Crippen LogP contribution is -2.52. The highest BCUT2D eigenvalue weighted by molar-refractivity contribution is 5.98. The Hall–Kier alpha value is -2.44. The minimum atomic E-state index is -0.406. The van der Waals surface area contributed by atoms with Gasteiger partial charge in [-0.3, -0.25) is 9.59 Å². The number of benzene rings is 1. The maximum absolute atomic E-state index is 13.2. The fourth-order valence-corrected chi connectivity index (χ4v) is 4.46. The first-order valence-corrected chi connectivity index (χ1v) is 9.67. The molecule has 0 unspecified atom stereocenters. The Bertz CT molecular complexity index is 884. The van der Waals surface area contributed by atoms with Gasteiger partial charge in [-0.05, 0) is 42.9 Å². The lowest BCUT2D eigenvalue weighted by Gasteiger charge is -2.41. The summed E-state index contributed by atoms with van der Waals surface area (Å²) in [7, 11) is 0. The van der Waals surface area contributed by atoms with Gasteiger partial charge in [0, 0.05) is 31.7 Å². The minimum absolute atomic E-state index is 0.0301. The molecule has 0 saturated carbocycles. The molecule has 1 aromatic heterocycles. The zero-order valence-corrected chi connectivity index (χ0v) is 16.3. The molecule has 2 saturated heterocycles. The quantitative estimate of drug-likeness (QED) is 0.881. The van der Waals surface area contributed by atoms with Crippen LogP contribution in [0.15, 0.2) is 18.2 Å². The number of hydrogen-bond donors (Lipinski definition) is 1. The number of likely N-dealkylation sites (tertiary alicyclic amines) is 2. The topological polar surface area (TPSA) is 82.2 Å². The van der Waals surface area contributed by atoms with Crippen LogP contribution < -0.4 is 0 Å². The van der Waals surface area contributed by atoms with Crippen molar-refractivity contribution in [3.8, 4) is 0 Å². The van der Waals surface area contributed by atoms with Crippen LogP contribution in [0.1, 0.15) is 50.4 Å². The summed E-state index contributed by atoms with van der Waals surface area (Å²) < 4.78 is 0. The van der Waals surface area contributed by atoms with Crippen molar-refractivity contribution in [1.82, 2.24) is 25.2 Å². The summed E-state index contributed by atoms with van der Waals surface area (Å²) in [5, 5.41) is 10.7. The third-order valence-electron chi connectivity index (χ3n) is 5.69. The van der Waals surface area contributed by atoms with Gasteiger partial charge in [0.05, 0.1) is 5.41 Å². The SMILES string of the molecule is CC(C)(C)CN1CCC[C@@]2(CCN(C(=O)c3ccc4n[nH]nc4c3)C2)C1=O. The second kappa shape index (κ2) is 6.32. The van der Waals surface area contributed by atoms with Crippen molar-refractivity contribution < 1.29 is 9.59 Å². The summed E-state index contributed by atoms with van der Waals surface area (Å²) in [6.45, 7) is 9.22. The van der Waals surface area contributed by atoms with Gasteiger partial charge in [0.15, 0.2) is 0 Å². The van der Waals surface area contributed by atoms with Gasteiger partial charge < -0.3 is 9.80 Å². The van der Waals surface area contributed by atoms with Gasteiger partial charge in [0.1, 0.15) is 11.0 Å². The maximum Gasteiger partial charge on any atom is 0.253 e. The van der Waals surface area contributed by atoms with E-state index in [1.165, 1.54) is 0 Å². The number of rotatable bonds is 2. The second-order valence-electron chi connectivity index (χ2n) is 9.18. The first-order chi connectivity index (χ1) is 12.8. The van der Waals surface area contributed by atoms with Crippen LogP contribution in [0.3, 0.4) is 0 Å². The number of hydrogen-bond acceptors (Lipinski definition) is 4. The van der Waals surface area contributed by atoms with Crippen molar-refractivity contribution in [1.29, 1.82) is 0 Å². The molecule has 7 nitrogen and oxygen atoms in total. The van der Waals surface area contributed by atoms with E-state index in [9.17, 15) is 9.59 Å². The zero-order chi connectivity index (χ0) is 19.2. The first-order valence-electron chi connectivity index (χ1n) is 9.67. The number of piperidine rings is 1. The number of carbonyl (C=O) groups is 2. The number of aromatic amines is 1. The molecule has 1 aromatic carbocycles. The summed E-state index contributed by atoms with van der Waals surface area (Å²) in [4.78, 5) is 30.1. The van der Waals surface area contributed by atoms with Crippen LogP contribution in [0.2, 0.25) is 0 Å². The van der Waals surface area contributed by atoms with E-state index in [0.29, 0.717) is 24.2 Å². The molecule has 2 aromatic rings. The predicted octanol–water partition coefficient (Wildman–Crippen LogP) is 2.46. The highest BCUT2D eigenvalue weighted by atomic mass is 16.2. The van der Waals surface area contributed by atoms with Gasteiger partial charge in [-0.15, -0.1) is 0 Å². The summed E-state index contributed by atoms with van der Waals surface area (Å²) >= 11 is 0. The molecule has 7 heteroatoms. The Kier molecular flexibility index (Phi) is 4.20. The molecule has 2 fully saturated rings. The van der Waals surface area contributed by atoms with E-state index in [0.717, 1.165) is 37.9 Å². The van der Waals surface area contributed by atoms with Crippen molar-refractivity contribution in [2.75, 3.05) is 26.2 Å². The third kappa shape index (κ3) is 3.31. The predicted molar refractivity (Wildman–Crippen MR) is 102 cm³/mol. The molecule has 0 radical (unpaired) electrons. The van der Waals surface area contributed by atoms with E-state index in [1.807, 2.05) is 9.80 Å². The summed E-state index contributed by atoms with van der Waals surface area (Å²) in [5.74, 6) is 0.198. The third-order valence-corrected chi connectivity index (χ3v) is 5.69. The Morgan fingerprint density at radius 3 is 2.74 bits per heavy atom. The number of nitrogens with one attached hydrogen (secondary N) is 1.